The number of methoxy groups -OCH3 is 1. The van der Waals surface area contributed by atoms with Gasteiger partial charge in [-0.3, -0.25) is 4.90 Å². The summed E-state index contributed by atoms with van der Waals surface area (Å²) in [6, 6.07) is 7.55. The van der Waals surface area contributed by atoms with Crippen LogP contribution in [0.3, 0.4) is 0 Å². The minimum atomic E-state index is -0.285. The molecule has 2 rings (SSSR count). The Morgan fingerprint density at radius 3 is 2.17 bits per heavy atom. The molecule has 0 saturated carbocycles. The molecule has 4 nitrogen and oxygen atoms in total. The van der Waals surface area contributed by atoms with Gasteiger partial charge in [0.2, 0.25) is 0 Å². The number of rotatable bonds is 4. The smallest absolute Gasteiger partial charge is 0.331 e. The number of nitrogens with zero attached hydrogens (tertiary/aromatic N) is 1. The average molecular weight is 331 g/mol. The van der Waals surface area contributed by atoms with E-state index in [4.69, 9.17) is 9.47 Å². The number of carbonyl (C=O) groups excluding carboxylic acids is 1. The van der Waals surface area contributed by atoms with Crippen LogP contribution in [0.15, 0.2) is 30.3 Å². The van der Waals surface area contributed by atoms with E-state index in [1.807, 2.05) is 24.3 Å². The van der Waals surface area contributed by atoms with Crippen molar-refractivity contribution in [3.05, 3.63) is 35.9 Å². The summed E-state index contributed by atoms with van der Waals surface area (Å²) in [5.41, 5.74) is 0.954. The van der Waals surface area contributed by atoms with Gasteiger partial charge in [-0.2, -0.15) is 0 Å². The number of piperidine rings is 1. The highest BCUT2D eigenvalue weighted by atomic mass is 16.5. The normalized spacial score (nSPS) is 20.9. The molecule has 0 aromatic heterocycles. The van der Waals surface area contributed by atoms with Crippen LogP contribution in [-0.4, -0.2) is 42.2 Å². The Kier molecular flexibility index (Phi) is 5.38. The van der Waals surface area contributed by atoms with Crippen LogP contribution in [0.4, 0.5) is 0 Å². The molecule has 1 fully saturated rings. The number of likely N-dealkylation sites (tertiary alicyclic amines) is 1. The molecule has 24 heavy (non-hydrogen) atoms. The molecule has 1 aliphatic heterocycles. The van der Waals surface area contributed by atoms with E-state index in [2.05, 4.69) is 39.6 Å². The Labute approximate surface area is 145 Å². The first-order valence-corrected chi connectivity index (χ1v) is 8.41. The van der Waals surface area contributed by atoms with Crippen LogP contribution >= 0.6 is 0 Å². The number of esters is 1. The lowest BCUT2D eigenvalue weighted by Gasteiger charge is -2.53. The molecule has 0 amide bonds. The molecule has 0 bridgehead atoms. The Hall–Kier alpha value is -1.81. The molecule has 132 valence electrons. The van der Waals surface area contributed by atoms with Crippen molar-refractivity contribution in [1.29, 1.82) is 0 Å². The summed E-state index contributed by atoms with van der Waals surface area (Å²) in [4.78, 5) is 14.5. The second kappa shape index (κ2) is 6.98. The number of hydrogen-bond acceptors (Lipinski definition) is 4. The highest BCUT2D eigenvalue weighted by Crippen LogP contribution is 2.38. The van der Waals surface area contributed by atoms with Crippen molar-refractivity contribution in [2.24, 2.45) is 0 Å². The first-order chi connectivity index (χ1) is 11.1. The Morgan fingerprint density at radius 1 is 1.12 bits per heavy atom. The molecule has 0 N–H and O–H groups in total. The molecule has 0 aliphatic carbocycles. The van der Waals surface area contributed by atoms with E-state index in [1.54, 1.807) is 13.2 Å². The van der Waals surface area contributed by atoms with Gasteiger partial charge in [0.15, 0.2) is 0 Å². The summed E-state index contributed by atoms with van der Waals surface area (Å²) in [7, 11) is 3.77. The monoisotopic (exact) mass is 331 g/mol. The third-order valence-electron chi connectivity index (χ3n) is 5.08. The number of hydrogen-bond donors (Lipinski definition) is 0. The molecule has 0 spiro atoms. The van der Waals surface area contributed by atoms with Gasteiger partial charge in [-0.15, -0.1) is 0 Å². The largest absolute Gasteiger partial charge is 0.497 e. The van der Waals surface area contributed by atoms with Gasteiger partial charge in [0.05, 0.1) is 7.11 Å². The lowest BCUT2D eigenvalue weighted by Crippen LogP contribution is -2.60. The van der Waals surface area contributed by atoms with Crippen molar-refractivity contribution in [3.63, 3.8) is 0 Å². The van der Waals surface area contributed by atoms with Crippen LogP contribution in [0.5, 0.6) is 5.75 Å². The van der Waals surface area contributed by atoms with Crippen LogP contribution in [0.1, 0.15) is 46.1 Å². The van der Waals surface area contributed by atoms with Crippen LogP contribution in [0, 0.1) is 0 Å². The van der Waals surface area contributed by atoms with E-state index >= 15 is 0 Å². The topological polar surface area (TPSA) is 38.8 Å². The molecule has 0 unspecified atom stereocenters. The summed E-state index contributed by atoms with van der Waals surface area (Å²) < 4.78 is 10.8. The molecular weight excluding hydrogens is 302 g/mol. The fraction of sp³-hybridized carbons (Fsp3) is 0.550. The van der Waals surface area contributed by atoms with Crippen molar-refractivity contribution in [2.75, 3.05) is 14.2 Å². The van der Waals surface area contributed by atoms with E-state index in [1.165, 1.54) is 6.08 Å². The van der Waals surface area contributed by atoms with Crippen LogP contribution in [-0.2, 0) is 9.53 Å². The molecule has 1 saturated heterocycles. The highest BCUT2D eigenvalue weighted by Gasteiger charge is 2.44. The second-order valence-corrected chi connectivity index (χ2v) is 7.76. The fourth-order valence-electron chi connectivity index (χ4n) is 3.45. The van der Waals surface area contributed by atoms with Gasteiger partial charge < -0.3 is 9.47 Å². The minimum absolute atomic E-state index is 0.00634. The SMILES string of the molecule is COc1ccc(/C=C\C(=O)OC2CC(C)(C)N(C)C(C)(C)C2)cc1. The summed E-state index contributed by atoms with van der Waals surface area (Å²) in [5.74, 6) is 0.512. The number of benzene rings is 1. The van der Waals surface area contributed by atoms with Gasteiger partial charge in [0.1, 0.15) is 11.9 Å². The van der Waals surface area contributed by atoms with Gasteiger partial charge >= 0.3 is 5.97 Å². The third kappa shape index (κ3) is 4.38. The zero-order valence-corrected chi connectivity index (χ0v) is 15.6. The van der Waals surface area contributed by atoms with Gasteiger partial charge in [-0.1, -0.05) is 12.1 Å². The maximum absolute atomic E-state index is 12.2. The number of carbonyl (C=O) groups is 1. The Morgan fingerprint density at radius 2 is 1.67 bits per heavy atom. The zero-order valence-electron chi connectivity index (χ0n) is 15.6. The maximum atomic E-state index is 12.2. The summed E-state index contributed by atoms with van der Waals surface area (Å²) >= 11 is 0. The Balaban J connectivity index is 1.97. The van der Waals surface area contributed by atoms with E-state index in [0.29, 0.717) is 0 Å². The van der Waals surface area contributed by atoms with Crippen LogP contribution in [0.25, 0.3) is 6.08 Å². The zero-order chi connectivity index (χ0) is 18.0. The lowest BCUT2D eigenvalue weighted by atomic mass is 9.79. The first kappa shape index (κ1) is 18.5. The van der Waals surface area contributed by atoms with E-state index in [9.17, 15) is 4.79 Å². The van der Waals surface area contributed by atoms with Gasteiger partial charge in [0, 0.05) is 30.0 Å². The number of ether oxygens (including phenoxy) is 2. The van der Waals surface area contributed by atoms with Gasteiger partial charge in [-0.05, 0) is 58.5 Å². The summed E-state index contributed by atoms with van der Waals surface area (Å²) in [6.45, 7) is 8.79. The maximum Gasteiger partial charge on any atom is 0.331 e. The van der Waals surface area contributed by atoms with Crippen molar-refractivity contribution >= 4 is 12.0 Å². The quantitative estimate of drug-likeness (QED) is 0.619. The third-order valence-corrected chi connectivity index (χ3v) is 5.08. The van der Waals surface area contributed by atoms with Gasteiger partial charge in [0.25, 0.3) is 0 Å². The van der Waals surface area contributed by atoms with Crippen molar-refractivity contribution < 1.29 is 14.3 Å². The van der Waals surface area contributed by atoms with E-state index in [0.717, 1.165) is 24.2 Å². The standard InChI is InChI=1S/C20H29NO3/c1-19(2)13-17(14-20(3,4)21(19)5)24-18(22)12-9-15-7-10-16(23-6)11-8-15/h7-12,17H,13-14H2,1-6H3/b12-9-. The molecule has 0 radical (unpaired) electrons. The van der Waals surface area contributed by atoms with Crippen LogP contribution < -0.4 is 4.74 Å². The molecule has 1 aliphatic rings. The van der Waals surface area contributed by atoms with Crippen LogP contribution in [0.2, 0.25) is 0 Å². The van der Waals surface area contributed by atoms with E-state index in [-0.39, 0.29) is 23.2 Å². The summed E-state index contributed by atoms with van der Waals surface area (Å²) in [6.07, 6.45) is 4.90. The van der Waals surface area contributed by atoms with Crippen molar-refractivity contribution in [2.45, 2.75) is 57.7 Å². The molecule has 0 atom stereocenters. The molecular formula is C20H29NO3. The predicted molar refractivity (Wildman–Crippen MR) is 97.1 cm³/mol. The predicted octanol–water partition coefficient (Wildman–Crippen LogP) is 3.90. The van der Waals surface area contributed by atoms with Crippen molar-refractivity contribution in [3.8, 4) is 5.75 Å². The Bertz CT molecular complexity index is 584. The van der Waals surface area contributed by atoms with Gasteiger partial charge in [-0.25, -0.2) is 4.79 Å². The summed E-state index contributed by atoms with van der Waals surface area (Å²) in [5, 5.41) is 0. The second-order valence-electron chi connectivity index (χ2n) is 7.76. The van der Waals surface area contributed by atoms with E-state index < -0.39 is 0 Å². The minimum Gasteiger partial charge on any atom is -0.497 e. The van der Waals surface area contributed by atoms with Crippen molar-refractivity contribution in [1.82, 2.24) is 4.90 Å². The molecule has 4 heteroatoms. The molecule has 1 heterocycles. The fourth-order valence-corrected chi connectivity index (χ4v) is 3.45. The molecule has 1 aromatic rings. The average Bonchev–Trinajstić information content (AvgIpc) is 2.50. The highest BCUT2D eigenvalue weighted by molar-refractivity contribution is 5.87. The molecule has 1 aromatic carbocycles. The first-order valence-electron chi connectivity index (χ1n) is 8.41. The lowest BCUT2D eigenvalue weighted by molar-refractivity contribution is -0.152.